The standard InChI is InChI=1S/C20H39N3O4/c1-20(2,3)27-19(25)22-17(15-16-11-7-6-8-12-16)18(24)23-26-14-10-5-4-9-13-21/h16-17H,4-15,21H2,1-3H3,(H,22,25)(H,23,24)/t17-/m1/s1. The molecule has 1 atom stereocenters. The molecule has 1 aliphatic carbocycles. The normalized spacial score (nSPS) is 16.6. The van der Waals surface area contributed by atoms with Gasteiger partial charge in [-0.2, -0.15) is 0 Å². The molecule has 0 radical (unpaired) electrons. The molecule has 0 aromatic heterocycles. The minimum atomic E-state index is -0.639. The van der Waals surface area contributed by atoms with Gasteiger partial charge in [0.15, 0.2) is 0 Å². The van der Waals surface area contributed by atoms with Crippen molar-refractivity contribution in [2.45, 2.75) is 96.6 Å². The molecule has 1 aliphatic rings. The fourth-order valence-corrected chi connectivity index (χ4v) is 3.30. The van der Waals surface area contributed by atoms with Crippen LogP contribution in [-0.4, -0.2) is 36.8 Å². The second kappa shape index (κ2) is 12.9. The largest absolute Gasteiger partial charge is 0.444 e. The van der Waals surface area contributed by atoms with E-state index >= 15 is 0 Å². The van der Waals surface area contributed by atoms with E-state index in [1.54, 1.807) is 20.8 Å². The van der Waals surface area contributed by atoms with Gasteiger partial charge < -0.3 is 15.8 Å². The molecule has 27 heavy (non-hydrogen) atoms. The monoisotopic (exact) mass is 385 g/mol. The minimum Gasteiger partial charge on any atom is -0.444 e. The Bertz CT molecular complexity index is 431. The molecule has 0 spiro atoms. The van der Waals surface area contributed by atoms with Crippen molar-refractivity contribution in [3.63, 3.8) is 0 Å². The lowest BCUT2D eigenvalue weighted by Gasteiger charge is -2.27. The molecule has 4 N–H and O–H groups in total. The first-order chi connectivity index (χ1) is 12.8. The summed E-state index contributed by atoms with van der Waals surface area (Å²) in [7, 11) is 0. The summed E-state index contributed by atoms with van der Waals surface area (Å²) in [4.78, 5) is 30.0. The van der Waals surface area contributed by atoms with Crippen LogP contribution in [0.15, 0.2) is 0 Å². The van der Waals surface area contributed by atoms with Crippen LogP contribution < -0.4 is 16.5 Å². The van der Waals surface area contributed by atoms with Crippen molar-refractivity contribution in [3.05, 3.63) is 0 Å². The van der Waals surface area contributed by atoms with Crippen LogP contribution in [-0.2, 0) is 14.4 Å². The molecule has 7 nitrogen and oxygen atoms in total. The van der Waals surface area contributed by atoms with Gasteiger partial charge in [0.25, 0.3) is 5.91 Å². The highest BCUT2D eigenvalue weighted by Gasteiger charge is 2.28. The molecule has 158 valence electrons. The van der Waals surface area contributed by atoms with E-state index in [4.69, 9.17) is 15.3 Å². The minimum absolute atomic E-state index is 0.312. The maximum Gasteiger partial charge on any atom is 0.408 e. The Hall–Kier alpha value is -1.34. The Kier molecular flexibility index (Phi) is 11.4. The van der Waals surface area contributed by atoms with Crippen LogP contribution >= 0.6 is 0 Å². The molecule has 1 rings (SSSR count). The lowest BCUT2D eigenvalue weighted by Crippen LogP contribution is -2.49. The number of unbranched alkanes of at least 4 members (excludes halogenated alkanes) is 3. The number of rotatable bonds is 11. The molecule has 0 unspecified atom stereocenters. The summed E-state index contributed by atoms with van der Waals surface area (Å²) in [5.41, 5.74) is 7.36. The number of carbonyl (C=O) groups excluding carboxylic acids is 2. The van der Waals surface area contributed by atoms with E-state index in [2.05, 4.69) is 10.8 Å². The Morgan fingerprint density at radius 2 is 1.74 bits per heavy atom. The van der Waals surface area contributed by atoms with Crippen LogP contribution in [0.5, 0.6) is 0 Å². The Labute approximate surface area is 164 Å². The highest BCUT2D eigenvalue weighted by atomic mass is 16.7. The summed E-state index contributed by atoms with van der Waals surface area (Å²) in [6, 6.07) is -0.639. The number of nitrogens with two attached hydrogens (primary N) is 1. The van der Waals surface area contributed by atoms with Gasteiger partial charge in [-0.05, 0) is 52.5 Å². The van der Waals surface area contributed by atoms with Crippen molar-refractivity contribution in [3.8, 4) is 0 Å². The SMILES string of the molecule is CC(C)(C)OC(=O)N[C@H](CC1CCCCC1)C(=O)NOCCCCCCN. The van der Waals surface area contributed by atoms with Gasteiger partial charge in [-0.3, -0.25) is 9.63 Å². The molecule has 7 heteroatoms. The van der Waals surface area contributed by atoms with E-state index in [1.807, 2.05) is 0 Å². The van der Waals surface area contributed by atoms with Crippen molar-refractivity contribution in [1.29, 1.82) is 0 Å². The average Bonchev–Trinajstić information content (AvgIpc) is 2.59. The summed E-state index contributed by atoms with van der Waals surface area (Å²) in [5.74, 6) is 0.133. The Morgan fingerprint density at radius 1 is 1.07 bits per heavy atom. The molecule has 1 saturated carbocycles. The number of amides is 2. The molecule has 2 amide bonds. The first kappa shape index (κ1) is 23.7. The molecule has 0 heterocycles. The molecule has 0 bridgehead atoms. The van der Waals surface area contributed by atoms with Crippen molar-refractivity contribution < 1.29 is 19.2 Å². The summed E-state index contributed by atoms with van der Waals surface area (Å²) >= 11 is 0. The van der Waals surface area contributed by atoms with Gasteiger partial charge in [0.2, 0.25) is 0 Å². The maximum absolute atomic E-state index is 12.5. The lowest BCUT2D eigenvalue weighted by atomic mass is 9.84. The summed E-state index contributed by atoms with van der Waals surface area (Å²) < 4.78 is 5.31. The third kappa shape index (κ3) is 11.9. The number of hydrogen-bond acceptors (Lipinski definition) is 5. The molecule has 1 fully saturated rings. The van der Waals surface area contributed by atoms with Crippen LogP contribution in [0.2, 0.25) is 0 Å². The summed E-state index contributed by atoms with van der Waals surface area (Å²) in [5, 5.41) is 2.72. The summed E-state index contributed by atoms with van der Waals surface area (Å²) in [6.45, 7) is 6.57. The van der Waals surface area contributed by atoms with E-state index < -0.39 is 17.7 Å². The van der Waals surface area contributed by atoms with Crippen molar-refractivity contribution in [2.24, 2.45) is 11.7 Å². The second-order valence-corrected chi connectivity index (χ2v) is 8.46. The highest BCUT2D eigenvalue weighted by Crippen LogP contribution is 2.27. The van der Waals surface area contributed by atoms with Gasteiger partial charge >= 0.3 is 6.09 Å². The quantitative estimate of drug-likeness (QED) is 0.373. The van der Waals surface area contributed by atoms with Crippen LogP contribution in [0.3, 0.4) is 0 Å². The smallest absolute Gasteiger partial charge is 0.408 e. The number of nitrogens with one attached hydrogen (secondary N) is 2. The van der Waals surface area contributed by atoms with Crippen molar-refractivity contribution >= 4 is 12.0 Å². The first-order valence-corrected chi connectivity index (χ1v) is 10.4. The van der Waals surface area contributed by atoms with Crippen LogP contribution in [0.1, 0.15) is 85.0 Å². The number of hydrogen-bond donors (Lipinski definition) is 3. The highest BCUT2D eigenvalue weighted by molar-refractivity contribution is 5.84. The predicted molar refractivity (Wildman–Crippen MR) is 106 cm³/mol. The van der Waals surface area contributed by atoms with E-state index in [1.165, 1.54) is 19.3 Å². The summed E-state index contributed by atoms with van der Waals surface area (Å²) in [6.07, 6.45) is 9.83. The predicted octanol–water partition coefficient (Wildman–Crippen LogP) is 3.42. The van der Waals surface area contributed by atoms with Gasteiger partial charge in [0.05, 0.1) is 6.61 Å². The Balaban J connectivity index is 2.45. The Morgan fingerprint density at radius 3 is 2.37 bits per heavy atom. The molecule has 0 aliphatic heterocycles. The number of alkyl carbamates (subject to hydrolysis) is 1. The first-order valence-electron chi connectivity index (χ1n) is 10.4. The number of carbonyl (C=O) groups is 2. The van der Waals surface area contributed by atoms with Crippen molar-refractivity contribution in [1.82, 2.24) is 10.8 Å². The van der Waals surface area contributed by atoms with E-state index in [9.17, 15) is 9.59 Å². The molecular weight excluding hydrogens is 346 g/mol. The van der Waals surface area contributed by atoms with Gasteiger partial charge in [0.1, 0.15) is 11.6 Å². The average molecular weight is 386 g/mol. The van der Waals surface area contributed by atoms with Gasteiger partial charge in [-0.15, -0.1) is 0 Å². The van der Waals surface area contributed by atoms with Gasteiger partial charge in [0, 0.05) is 0 Å². The van der Waals surface area contributed by atoms with E-state index in [0.29, 0.717) is 25.5 Å². The molecular formula is C20H39N3O4. The second-order valence-electron chi connectivity index (χ2n) is 8.46. The van der Waals surface area contributed by atoms with Crippen molar-refractivity contribution in [2.75, 3.05) is 13.2 Å². The zero-order valence-electron chi connectivity index (χ0n) is 17.4. The number of ether oxygens (including phenoxy) is 1. The van der Waals surface area contributed by atoms with Gasteiger partial charge in [-0.1, -0.05) is 44.9 Å². The van der Waals surface area contributed by atoms with E-state index in [0.717, 1.165) is 38.5 Å². The van der Waals surface area contributed by atoms with Gasteiger partial charge in [-0.25, -0.2) is 10.3 Å². The third-order valence-corrected chi connectivity index (χ3v) is 4.67. The van der Waals surface area contributed by atoms with Crippen LogP contribution in [0, 0.1) is 5.92 Å². The maximum atomic E-state index is 12.5. The molecule has 0 aromatic rings. The molecule has 0 aromatic carbocycles. The fraction of sp³-hybridized carbons (Fsp3) is 0.900. The number of hydroxylamine groups is 1. The third-order valence-electron chi connectivity index (χ3n) is 4.67. The zero-order valence-corrected chi connectivity index (χ0v) is 17.4. The van der Waals surface area contributed by atoms with Crippen LogP contribution in [0.25, 0.3) is 0 Å². The topological polar surface area (TPSA) is 103 Å². The zero-order chi connectivity index (χ0) is 20.1. The fourth-order valence-electron chi connectivity index (χ4n) is 3.30. The van der Waals surface area contributed by atoms with E-state index in [-0.39, 0.29) is 5.91 Å². The lowest BCUT2D eigenvalue weighted by molar-refractivity contribution is -0.136. The van der Waals surface area contributed by atoms with Crippen LogP contribution in [0.4, 0.5) is 4.79 Å². The molecule has 0 saturated heterocycles.